The van der Waals surface area contributed by atoms with Crippen molar-refractivity contribution in [1.82, 2.24) is 4.57 Å². The Morgan fingerprint density at radius 3 is 1.10 bits per heavy atom. The molecule has 2 aliphatic heterocycles. The summed E-state index contributed by atoms with van der Waals surface area (Å²) in [4.78, 5) is 10.6. The highest BCUT2D eigenvalue weighted by Gasteiger charge is 2.48. The first kappa shape index (κ1) is 74.6. The van der Waals surface area contributed by atoms with Crippen molar-refractivity contribution in [2.75, 3.05) is 19.6 Å². The number of thiophene rings is 1. The summed E-state index contributed by atoms with van der Waals surface area (Å²) in [5, 5.41) is 4.81. The van der Waals surface area contributed by atoms with Crippen LogP contribution in [-0.2, 0) is 21.7 Å². The average Bonchev–Trinajstić information content (AvgIpc) is 1.35. The van der Waals surface area contributed by atoms with Gasteiger partial charge in [-0.3, -0.25) is 0 Å². The molecule has 18 aromatic rings. The molecule has 0 saturated carbocycles. The number of rotatable bonds is 13. The van der Waals surface area contributed by atoms with Gasteiger partial charge in [0.05, 0.1) is 33.8 Å². The second-order valence-corrected chi connectivity index (χ2v) is 37.5. The summed E-state index contributed by atoms with van der Waals surface area (Å²) in [6, 6.07) is 139. The Bertz CT molecular complexity index is 6770. The number of benzene rings is 16. The Balaban J connectivity index is 1.01. The van der Waals surface area contributed by atoms with E-state index in [0.717, 1.165) is 129 Å². The summed E-state index contributed by atoms with van der Waals surface area (Å²) in [5.74, 6) is 0. The van der Waals surface area contributed by atoms with E-state index in [1.54, 1.807) is 0 Å². The molecule has 2 aromatic heterocycles. The van der Waals surface area contributed by atoms with Crippen molar-refractivity contribution in [3.63, 3.8) is 0 Å². The van der Waals surface area contributed by atoms with E-state index >= 15 is 0 Å². The van der Waals surface area contributed by atoms with Crippen LogP contribution in [0.3, 0.4) is 0 Å². The Morgan fingerprint density at radius 1 is 0.277 bits per heavy atom. The van der Waals surface area contributed by atoms with Gasteiger partial charge in [-0.05, 0) is 180 Å². The quantitative estimate of drug-likeness (QED) is 0.107. The molecule has 2 aliphatic rings. The van der Waals surface area contributed by atoms with E-state index < -0.39 is 0 Å². The van der Waals surface area contributed by atoms with E-state index in [1.165, 1.54) is 69.6 Å². The van der Waals surface area contributed by atoms with Crippen molar-refractivity contribution < 1.29 is 0 Å². The first-order chi connectivity index (χ1) is 57.6. The number of hydrogen-bond donors (Lipinski definition) is 0. The minimum Gasteiger partial charge on any atom is -0.310 e. The van der Waals surface area contributed by atoms with Gasteiger partial charge in [0.25, 0.3) is 6.71 Å². The van der Waals surface area contributed by atoms with Gasteiger partial charge < -0.3 is 24.2 Å². The third-order valence-electron chi connectivity index (χ3n) is 24.8. The van der Waals surface area contributed by atoms with Gasteiger partial charge in [-0.1, -0.05) is 350 Å². The van der Waals surface area contributed by atoms with Gasteiger partial charge >= 0.3 is 0 Å². The maximum absolute atomic E-state index is 2.76. The molecule has 0 unspecified atom stereocenters. The van der Waals surface area contributed by atoms with Crippen molar-refractivity contribution in [1.29, 1.82) is 0 Å². The highest BCUT2D eigenvalue weighted by Crippen LogP contribution is 2.58. The molecule has 0 atom stereocenters. The number of nitrogens with zero attached hydrogens (tertiary/aromatic N) is 5. The van der Waals surface area contributed by atoms with Crippen molar-refractivity contribution in [2.24, 2.45) is 0 Å². The molecule has 0 amide bonds. The molecule has 578 valence electrons. The molecule has 119 heavy (non-hydrogen) atoms. The largest absolute Gasteiger partial charge is 0.310 e. The van der Waals surface area contributed by atoms with E-state index in [1.807, 2.05) is 11.3 Å². The zero-order chi connectivity index (χ0) is 81.4. The van der Waals surface area contributed by atoms with Crippen LogP contribution in [0.4, 0.5) is 68.2 Å². The lowest BCUT2D eigenvalue weighted by Crippen LogP contribution is -2.61. The molecule has 7 heteroatoms. The lowest BCUT2D eigenvalue weighted by Gasteiger charge is -2.46. The molecular formula is C112H96BN5S. The molecule has 20 rings (SSSR count). The number of hydrogen-bond acceptors (Lipinski definition) is 5. The maximum atomic E-state index is 2.76. The van der Waals surface area contributed by atoms with Crippen molar-refractivity contribution >= 4 is 145 Å². The summed E-state index contributed by atoms with van der Waals surface area (Å²) < 4.78 is 5.02. The van der Waals surface area contributed by atoms with Crippen LogP contribution in [0.2, 0.25) is 0 Å². The van der Waals surface area contributed by atoms with Gasteiger partial charge in [0.2, 0.25) is 0 Å². The summed E-state index contributed by atoms with van der Waals surface area (Å²) in [5.41, 5.74) is 33.5. The Labute approximate surface area is 705 Å². The zero-order valence-corrected chi connectivity index (χ0v) is 70.7. The molecule has 16 aromatic carbocycles. The Kier molecular flexibility index (Phi) is 18.1. The number of anilines is 12. The van der Waals surface area contributed by atoms with Gasteiger partial charge in [-0.25, -0.2) is 0 Å². The molecule has 0 N–H and O–H groups in total. The summed E-state index contributed by atoms with van der Waals surface area (Å²) in [6.45, 7) is 27.5. The second kappa shape index (κ2) is 28.9. The lowest BCUT2D eigenvalue weighted by atomic mass is 9.33. The summed E-state index contributed by atoms with van der Waals surface area (Å²) in [6.07, 6.45) is 0. The SMILES string of the molecule is CC(C)(C)c1ccc(N(c2cccc(C(C)(C)C)c2)c2ccc3c(c2)N(c2c(-c4ccccc4)cccc2-c2ccccc2)c2cc(-n4c5ccccc5c5ccccc54)cc4c2B3c2c(cc(N(c3ccc(C(C)(C)C)cc3)c3cccc(C(C)(C)C)c3)c3c2sc2ccccc23)N4c2c(-c3ccccc3)cccc2-c2ccccc2)cc1. The van der Waals surface area contributed by atoms with Gasteiger partial charge in [0.1, 0.15) is 0 Å². The van der Waals surface area contributed by atoms with Crippen LogP contribution >= 0.6 is 11.3 Å². The third kappa shape index (κ3) is 12.9. The van der Waals surface area contributed by atoms with Crippen LogP contribution in [0.15, 0.2) is 364 Å². The first-order valence-corrected chi connectivity index (χ1v) is 42.8. The Morgan fingerprint density at radius 2 is 0.647 bits per heavy atom. The molecule has 0 spiro atoms. The molecule has 4 heterocycles. The summed E-state index contributed by atoms with van der Waals surface area (Å²) in [7, 11) is 0. The maximum Gasteiger partial charge on any atom is 0.254 e. The molecule has 0 saturated heterocycles. The van der Waals surface area contributed by atoms with E-state index in [4.69, 9.17) is 0 Å². The van der Waals surface area contributed by atoms with Crippen molar-refractivity contribution in [3.8, 4) is 50.2 Å². The predicted octanol–water partition coefficient (Wildman–Crippen LogP) is 30.0. The molecule has 5 nitrogen and oxygen atoms in total. The monoisotopic (exact) mass is 1550 g/mol. The second-order valence-electron chi connectivity index (χ2n) is 36.5. The Hall–Kier alpha value is -13.2. The predicted molar refractivity (Wildman–Crippen MR) is 514 cm³/mol. The van der Waals surface area contributed by atoms with Gasteiger partial charge in [-0.2, -0.15) is 0 Å². The normalized spacial score (nSPS) is 12.8. The molecule has 0 bridgehead atoms. The molecule has 0 aliphatic carbocycles. The van der Waals surface area contributed by atoms with Gasteiger partial charge in [0.15, 0.2) is 0 Å². The van der Waals surface area contributed by atoms with Gasteiger partial charge in [0, 0.05) is 104 Å². The number of fused-ring (bicyclic) bond motifs is 11. The van der Waals surface area contributed by atoms with Crippen molar-refractivity contribution in [2.45, 2.75) is 105 Å². The zero-order valence-electron chi connectivity index (χ0n) is 69.9. The van der Waals surface area contributed by atoms with Crippen LogP contribution in [0.25, 0.3) is 92.2 Å². The fraction of sp³-hybridized carbons (Fsp3) is 0.143. The lowest BCUT2D eigenvalue weighted by molar-refractivity contribution is 0.590. The van der Waals surface area contributed by atoms with Gasteiger partial charge in [-0.15, -0.1) is 11.3 Å². The van der Waals surface area contributed by atoms with Crippen LogP contribution < -0.4 is 36.0 Å². The molecular weight excluding hydrogens is 1460 g/mol. The standard InChI is InChI=1S/C112H96BN5S/c1-109(2,3)77-57-61-81(62-58-77)114(83-45-31-43-79(67-83)111(7,8)9)85-65-66-94-97(69-85)117(106-87(73-35-17-13-18-36-73)50-33-51-88(106)74-37-19-14-20-38-74)99-70-86(116-95-54-28-25-47-91(95)92-48-26-29-55-96(92)116)71-100-104(99)113(94)105-101(118(100)107-89(75-39-21-15-22-40-75)52-34-53-90(107)76-41-23-16-24-42-76)72-98(103-93-49-27-30-56-102(93)119-108(103)105)115(82-63-59-78(60-64-82)110(4,5)6)84-46-32-44-80(68-84)112(10,11)12/h13-72H,1-12H3. The number of aromatic nitrogens is 1. The summed E-state index contributed by atoms with van der Waals surface area (Å²) >= 11 is 1.94. The van der Waals surface area contributed by atoms with E-state index in [2.05, 4.69) is 471 Å². The van der Waals surface area contributed by atoms with Crippen molar-refractivity contribution in [3.05, 3.63) is 386 Å². The molecule has 0 fully saturated rings. The highest BCUT2D eigenvalue weighted by molar-refractivity contribution is 7.28. The fourth-order valence-corrected chi connectivity index (χ4v) is 20.0. The topological polar surface area (TPSA) is 17.9 Å². The van der Waals surface area contributed by atoms with E-state index in [0.29, 0.717) is 0 Å². The van der Waals surface area contributed by atoms with Crippen LogP contribution in [0, 0.1) is 0 Å². The molecule has 0 radical (unpaired) electrons. The van der Waals surface area contributed by atoms with Crippen LogP contribution in [0.1, 0.15) is 105 Å². The minimum atomic E-state index is -0.385. The van der Waals surface area contributed by atoms with E-state index in [-0.39, 0.29) is 28.4 Å². The van der Waals surface area contributed by atoms with Crippen LogP contribution in [-0.4, -0.2) is 11.3 Å². The third-order valence-corrected chi connectivity index (χ3v) is 26.0. The highest BCUT2D eigenvalue weighted by atomic mass is 32.1. The minimum absolute atomic E-state index is 0.0682. The smallest absolute Gasteiger partial charge is 0.254 e. The average molecular weight is 1550 g/mol. The van der Waals surface area contributed by atoms with Crippen LogP contribution in [0.5, 0.6) is 0 Å². The fourth-order valence-electron chi connectivity index (χ4n) is 18.7. The first-order valence-electron chi connectivity index (χ1n) is 42.0. The number of para-hydroxylation sites is 4. The van der Waals surface area contributed by atoms with E-state index in [9.17, 15) is 0 Å².